The van der Waals surface area contributed by atoms with E-state index in [0.29, 0.717) is 17.2 Å². The Kier molecular flexibility index (Phi) is 4.14. The molecule has 1 unspecified atom stereocenters. The first-order valence-corrected chi connectivity index (χ1v) is 6.51. The quantitative estimate of drug-likeness (QED) is 0.840. The zero-order chi connectivity index (χ0) is 13.8. The topological polar surface area (TPSA) is 64.8 Å². The zero-order valence-electron chi connectivity index (χ0n) is 11.4. The second-order valence-electron chi connectivity index (χ2n) is 4.70. The summed E-state index contributed by atoms with van der Waals surface area (Å²) in [5, 5.41) is 0. The maximum absolute atomic E-state index is 12.2. The van der Waals surface area contributed by atoms with Crippen molar-refractivity contribution in [2.45, 2.75) is 25.9 Å². The molecule has 1 aliphatic rings. The fourth-order valence-corrected chi connectivity index (χ4v) is 2.22. The van der Waals surface area contributed by atoms with Gasteiger partial charge in [0.2, 0.25) is 0 Å². The van der Waals surface area contributed by atoms with Gasteiger partial charge in [-0.25, -0.2) is 0 Å². The average molecular weight is 264 g/mol. The van der Waals surface area contributed by atoms with E-state index in [-0.39, 0.29) is 5.91 Å². The number of hydrogen-bond acceptors (Lipinski definition) is 4. The van der Waals surface area contributed by atoms with E-state index in [1.54, 1.807) is 32.2 Å². The largest absolute Gasteiger partial charge is 0.493 e. The third kappa shape index (κ3) is 3.10. The first-order valence-electron chi connectivity index (χ1n) is 6.51. The van der Waals surface area contributed by atoms with Crippen LogP contribution in [0.5, 0.6) is 11.5 Å². The summed E-state index contributed by atoms with van der Waals surface area (Å²) in [5.41, 5.74) is 6.28. The number of carbonyl (C=O) groups excluding carboxylic acids is 1. The summed E-state index contributed by atoms with van der Waals surface area (Å²) in [6, 6.07) is 5.13. The van der Waals surface area contributed by atoms with Crippen LogP contribution in [0.2, 0.25) is 0 Å². The van der Waals surface area contributed by atoms with Gasteiger partial charge in [0.25, 0.3) is 5.91 Å². The summed E-state index contributed by atoms with van der Waals surface area (Å²) in [6.45, 7) is 3.41. The Morgan fingerprint density at radius 1 is 1.32 bits per heavy atom. The number of nitrogen functional groups attached to an aromatic ring is 1. The molecule has 1 aromatic carbocycles. The van der Waals surface area contributed by atoms with E-state index in [1.807, 2.05) is 4.90 Å². The van der Waals surface area contributed by atoms with Crippen molar-refractivity contribution < 1.29 is 14.3 Å². The lowest BCUT2D eigenvalue weighted by Crippen LogP contribution is -2.38. The van der Waals surface area contributed by atoms with E-state index >= 15 is 0 Å². The van der Waals surface area contributed by atoms with Gasteiger partial charge in [-0.3, -0.25) is 4.79 Å². The third-order valence-corrected chi connectivity index (χ3v) is 3.26. The van der Waals surface area contributed by atoms with Crippen molar-refractivity contribution in [3.05, 3.63) is 18.2 Å². The highest BCUT2D eigenvalue weighted by molar-refractivity contribution is 5.81. The summed E-state index contributed by atoms with van der Waals surface area (Å²) < 4.78 is 10.9. The number of anilines is 1. The third-order valence-electron chi connectivity index (χ3n) is 3.26. The van der Waals surface area contributed by atoms with Crippen LogP contribution in [0, 0.1) is 0 Å². The number of nitrogens with zero attached hydrogens (tertiary/aromatic N) is 1. The summed E-state index contributed by atoms with van der Waals surface area (Å²) in [6.07, 6.45) is 1.63. The van der Waals surface area contributed by atoms with Gasteiger partial charge in [0, 0.05) is 24.8 Å². The van der Waals surface area contributed by atoms with Crippen molar-refractivity contribution in [1.29, 1.82) is 0 Å². The minimum Gasteiger partial charge on any atom is -0.493 e. The summed E-state index contributed by atoms with van der Waals surface area (Å²) >= 11 is 0. The van der Waals surface area contributed by atoms with E-state index in [1.165, 1.54) is 0 Å². The number of hydrogen-bond donors (Lipinski definition) is 1. The first-order chi connectivity index (χ1) is 9.11. The highest BCUT2D eigenvalue weighted by atomic mass is 16.5. The Labute approximate surface area is 113 Å². The Hall–Kier alpha value is -1.91. The SMILES string of the molecule is COc1cc(N)ccc1OC(C)C(=O)N1CCCC1. The monoisotopic (exact) mass is 264 g/mol. The second-order valence-corrected chi connectivity index (χ2v) is 4.70. The normalized spacial score (nSPS) is 16.2. The lowest BCUT2D eigenvalue weighted by atomic mass is 10.2. The van der Waals surface area contributed by atoms with Crippen LogP contribution in [0.25, 0.3) is 0 Å². The van der Waals surface area contributed by atoms with E-state index in [4.69, 9.17) is 15.2 Å². The molecule has 1 atom stereocenters. The molecule has 0 radical (unpaired) electrons. The van der Waals surface area contributed by atoms with Crippen LogP contribution in [0.15, 0.2) is 18.2 Å². The van der Waals surface area contributed by atoms with E-state index in [2.05, 4.69) is 0 Å². The lowest BCUT2D eigenvalue weighted by Gasteiger charge is -2.22. The molecule has 1 amide bonds. The van der Waals surface area contributed by atoms with Crippen LogP contribution in [0.1, 0.15) is 19.8 Å². The molecule has 1 aliphatic heterocycles. The number of benzene rings is 1. The van der Waals surface area contributed by atoms with Crippen LogP contribution in [-0.2, 0) is 4.79 Å². The van der Waals surface area contributed by atoms with E-state index < -0.39 is 6.10 Å². The predicted octanol–water partition coefficient (Wildman–Crippen LogP) is 1.67. The Balaban J connectivity index is 2.05. The number of rotatable bonds is 4. The van der Waals surface area contributed by atoms with Crippen molar-refractivity contribution in [1.82, 2.24) is 4.90 Å². The second kappa shape index (κ2) is 5.82. The Morgan fingerprint density at radius 2 is 2.00 bits per heavy atom. The van der Waals surface area contributed by atoms with E-state index in [9.17, 15) is 4.79 Å². The molecule has 2 N–H and O–H groups in total. The van der Waals surface area contributed by atoms with E-state index in [0.717, 1.165) is 25.9 Å². The van der Waals surface area contributed by atoms with Crippen molar-refractivity contribution in [3.63, 3.8) is 0 Å². The van der Waals surface area contributed by atoms with Crippen LogP contribution in [0.3, 0.4) is 0 Å². The molecule has 0 aromatic heterocycles. The molecule has 0 aliphatic carbocycles. The minimum absolute atomic E-state index is 0.0244. The molecule has 1 heterocycles. The number of carbonyl (C=O) groups is 1. The molecule has 19 heavy (non-hydrogen) atoms. The average Bonchev–Trinajstić information content (AvgIpc) is 2.93. The van der Waals surface area contributed by atoms with Crippen LogP contribution < -0.4 is 15.2 Å². The van der Waals surface area contributed by atoms with Gasteiger partial charge in [-0.1, -0.05) is 0 Å². The Morgan fingerprint density at radius 3 is 2.63 bits per heavy atom. The highest BCUT2D eigenvalue weighted by Gasteiger charge is 2.25. The molecule has 0 saturated carbocycles. The standard InChI is InChI=1S/C14H20N2O3/c1-10(14(17)16-7-3-4-8-16)19-12-6-5-11(15)9-13(12)18-2/h5-6,9-10H,3-4,7-8,15H2,1-2H3. The molecule has 1 aromatic rings. The molecule has 1 saturated heterocycles. The van der Waals surface area contributed by atoms with Crippen LogP contribution in [-0.4, -0.2) is 37.1 Å². The predicted molar refractivity (Wildman–Crippen MR) is 73.3 cm³/mol. The minimum atomic E-state index is -0.518. The molecule has 1 fully saturated rings. The van der Waals surface area contributed by atoms with Crippen molar-refractivity contribution in [3.8, 4) is 11.5 Å². The zero-order valence-corrected chi connectivity index (χ0v) is 11.4. The Bertz CT molecular complexity index is 456. The first kappa shape index (κ1) is 13.5. The lowest BCUT2D eigenvalue weighted by molar-refractivity contribution is -0.136. The van der Waals surface area contributed by atoms with Crippen molar-refractivity contribution >= 4 is 11.6 Å². The molecular weight excluding hydrogens is 244 g/mol. The smallest absolute Gasteiger partial charge is 0.263 e. The summed E-state index contributed by atoms with van der Waals surface area (Å²) in [5.74, 6) is 1.11. The summed E-state index contributed by atoms with van der Waals surface area (Å²) in [7, 11) is 1.55. The molecule has 5 heteroatoms. The van der Waals surface area contributed by atoms with Gasteiger partial charge in [-0.15, -0.1) is 0 Å². The highest BCUT2D eigenvalue weighted by Crippen LogP contribution is 2.30. The number of amides is 1. The molecule has 0 bridgehead atoms. The molecule has 5 nitrogen and oxygen atoms in total. The number of likely N-dealkylation sites (tertiary alicyclic amines) is 1. The van der Waals surface area contributed by atoms with Crippen LogP contribution in [0.4, 0.5) is 5.69 Å². The van der Waals surface area contributed by atoms with Gasteiger partial charge in [-0.2, -0.15) is 0 Å². The van der Waals surface area contributed by atoms with Gasteiger partial charge in [0.05, 0.1) is 7.11 Å². The fourth-order valence-electron chi connectivity index (χ4n) is 2.22. The molecule has 0 spiro atoms. The fraction of sp³-hybridized carbons (Fsp3) is 0.500. The maximum Gasteiger partial charge on any atom is 0.263 e. The maximum atomic E-state index is 12.2. The van der Waals surface area contributed by atoms with Crippen molar-refractivity contribution in [2.75, 3.05) is 25.9 Å². The van der Waals surface area contributed by atoms with Gasteiger partial charge in [0.1, 0.15) is 0 Å². The van der Waals surface area contributed by atoms with Gasteiger partial charge >= 0.3 is 0 Å². The van der Waals surface area contributed by atoms with Gasteiger partial charge in [-0.05, 0) is 31.9 Å². The van der Waals surface area contributed by atoms with Gasteiger partial charge in [0.15, 0.2) is 17.6 Å². The number of ether oxygens (including phenoxy) is 2. The molecule has 104 valence electrons. The number of nitrogens with two attached hydrogens (primary N) is 1. The summed E-state index contributed by atoms with van der Waals surface area (Å²) in [4.78, 5) is 14.0. The van der Waals surface area contributed by atoms with Crippen molar-refractivity contribution in [2.24, 2.45) is 0 Å². The molecule has 2 rings (SSSR count). The van der Waals surface area contributed by atoms with Gasteiger partial charge < -0.3 is 20.1 Å². The van der Waals surface area contributed by atoms with Crippen LogP contribution >= 0.6 is 0 Å². The molecular formula is C14H20N2O3. The number of methoxy groups -OCH3 is 1.